The molecule has 5 nitrogen and oxygen atoms in total. The maximum absolute atomic E-state index is 5.28. The second kappa shape index (κ2) is 6.48. The molecule has 4 rings (SSSR count). The number of nitrogens with one attached hydrogen (secondary N) is 1. The summed E-state index contributed by atoms with van der Waals surface area (Å²) in [5.41, 5.74) is 7.20. The van der Waals surface area contributed by atoms with Gasteiger partial charge in [-0.3, -0.25) is 10.00 Å². The fourth-order valence-electron chi connectivity index (χ4n) is 3.69. The van der Waals surface area contributed by atoms with E-state index in [1.54, 1.807) is 0 Å². The van der Waals surface area contributed by atoms with Gasteiger partial charge in [-0.2, -0.15) is 5.10 Å². The molecule has 1 N–H and O–H groups in total. The lowest BCUT2D eigenvalue weighted by molar-refractivity contribution is 0.237. The number of rotatable bonds is 4. The molecule has 0 spiro atoms. The number of aromatic amines is 1. The summed E-state index contributed by atoms with van der Waals surface area (Å²) in [6.45, 7) is 8.19. The van der Waals surface area contributed by atoms with Crippen molar-refractivity contribution >= 4 is 0 Å². The third kappa shape index (κ3) is 3.12. The molecule has 1 aromatic carbocycles. The molecule has 5 heteroatoms. The maximum Gasteiger partial charge on any atom is 0.133 e. The highest BCUT2D eigenvalue weighted by molar-refractivity contribution is 5.64. The first kappa shape index (κ1) is 16.1. The molecule has 130 valence electrons. The first-order chi connectivity index (χ1) is 12.1. The minimum atomic E-state index is 0.333. The van der Waals surface area contributed by atoms with Crippen molar-refractivity contribution in [3.05, 3.63) is 58.6 Å². The van der Waals surface area contributed by atoms with Gasteiger partial charge in [0.25, 0.3) is 0 Å². The first-order valence-corrected chi connectivity index (χ1v) is 8.89. The quantitative estimate of drug-likeness (QED) is 0.770. The molecule has 1 atom stereocenters. The first-order valence-electron chi connectivity index (χ1n) is 8.89. The number of nitrogens with zero attached hydrogens (tertiary/aromatic N) is 3. The van der Waals surface area contributed by atoms with Crippen molar-refractivity contribution < 1.29 is 4.52 Å². The molecule has 3 aromatic rings. The highest BCUT2D eigenvalue weighted by Crippen LogP contribution is 2.34. The van der Waals surface area contributed by atoms with Crippen LogP contribution in [-0.4, -0.2) is 26.8 Å². The van der Waals surface area contributed by atoms with E-state index < -0.39 is 0 Å². The van der Waals surface area contributed by atoms with E-state index in [4.69, 9.17) is 4.52 Å². The second-order valence-corrected chi connectivity index (χ2v) is 7.06. The minimum absolute atomic E-state index is 0.333. The number of hydrogen-bond donors (Lipinski definition) is 1. The van der Waals surface area contributed by atoms with E-state index in [1.165, 1.54) is 28.7 Å². The van der Waals surface area contributed by atoms with Crippen molar-refractivity contribution in [3.63, 3.8) is 0 Å². The molecule has 0 radical (unpaired) electrons. The van der Waals surface area contributed by atoms with Crippen molar-refractivity contribution in [2.24, 2.45) is 0 Å². The minimum Gasteiger partial charge on any atom is -0.361 e. The molecular weight excluding hydrogens is 312 g/mol. The van der Waals surface area contributed by atoms with E-state index in [0.29, 0.717) is 6.04 Å². The third-order valence-corrected chi connectivity index (χ3v) is 5.24. The average Bonchev–Trinajstić information content (AvgIpc) is 3.31. The molecule has 1 fully saturated rings. The normalized spacial score (nSPS) is 18.1. The van der Waals surface area contributed by atoms with E-state index in [-0.39, 0.29) is 0 Å². The summed E-state index contributed by atoms with van der Waals surface area (Å²) >= 11 is 0. The van der Waals surface area contributed by atoms with Crippen LogP contribution in [0.3, 0.4) is 0 Å². The van der Waals surface area contributed by atoms with Gasteiger partial charge < -0.3 is 4.52 Å². The summed E-state index contributed by atoms with van der Waals surface area (Å²) in [7, 11) is 0. The summed E-state index contributed by atoms with van der Waals surface area (Å²) in [6, 6.07) is 8.96. The highest BCUT2D eigenvalue weighted by atomic mass is 16.5. The van der Waals surface area contributed by atoms with Crippen molar-refractivity contribution in [3.8, 4) is 11.3 Å². The number of H-pyrrole nitrogens is 1. The average molecular weight is 336 g/mol. The molecular formula is C20H24N4O. The van der Waals surface area contributed by atoms with Gasteiger partial charge in [-0.05, 0) is 57.4 Å². The Morgan fingerprint density at radius 2 is 2.08 bits per heavy atom. The molecule has 0 amide bonds. The van der Waals surface area contributed by atoms with Crippen molar-refractivity contribution in [2.75, 3.05) is 6.54 Å². The molecule has 0 unspecified atom stereocenters. The van der Waals surface area contributed by atoms with Gasteiger partial charge >= 0.3 is 0 Å². The molecule has 1 aliphatic heterocycles. The zero-order chi connectivity index (χ0) is 17.4. The van der Waals surface area contributed by atoms with Crippen molar-refractivity contribution in [2.45, 2.75) is 46.2 Å². The Kier molecular flexibility index (Phi) is 4.17. The van der Waals surface area contributed by atoms with Gasteiger partial charge in [-0.15, -0.1) is 0 Å². The lowest BCUT2D eigenvalue weighted by Gasteiger charge is -2.22. The van der Waals surface area contributed by atoms with E-state index in [0.717, 1.165) is 36.7 Å². The molecule has 0 aliphatic carbocycles. The van der Waals surface area contributed by atoms with Crippen molar-refractivity contribution in [1.82, 2.24) is 20.3 Å². The van der Waals surface area contributed by atoms with Crippen LogP contribution >= 0.6 is 0 Å². The molecule has 3 heterocycles. The zero-order valence-corrected chi connectivity index (χ0v) is 15.0. The summed E-state index contributed by atoms with van der Waals surface area (Å²) < 4.78 is 5.28. The van der Waals surface area contributed by atoms with Crippen LogP contribution in [0.25, 0.3) is 11.3 Å². The summed E-state index contributed by atoms with van der Waals surface area (Å²) in [4.78, 5) is 2.48. The van der Waals surface area contributed by atoms with E-state index >= 15 is 0 Å². The predicted octanol–water partition coefficient (Wildman–Crippen LogP) is 4.33. The van der Waals surface area contributed by atoms with Crippen LogP contribution < -0.4 is 0 Å². The number of hydrogen-bond acceptors (Lipinski definition) is 4. The van der Waals surface area contributed by atoms with Gasteiger partial charge in [-0.1, -0.05) is 17.3 Å². The maximum atomic E-state index is 5.28. The Hall–Kier alpha value is -2.40. The van der Waals surface area contributed by atoms with Gasteiger partial charge in [0, 0.05) is 23.7 Å². The SMILES string of the molecule is Cc1cc([C@@H]2CCCN2Cc2cn[nH]c2-c2ccc(C)c(C)c2)no1. The predicted molar refractivity (Wildman–Crippen MR) is 97.1 cm³/mol. The van der Waals surface area contributed by atoms with E-state index in [1.807, 2.05) is 13.1 Å². The molecule has 1 aliphatic rings. The van der Waals surface area contributed by atoms with Gasteiger partial charge in [-0.25, -0.2) is 0 Å². The van der Waals surface area contributed by atoms with Crippen LogP contribution in [0.1, 0.15) is 47.0 Å². The Balaban J connectivity index is 1.59. The van der Waals surface area contributed by atoms with Crippen LogP contribution in [0.4, 0.5) is 0 Å². The Morgan fingerprint density at radius 1 is 1.20 bits per heavy atom. The Bertz CT molecular complexity index is 879. The second-order valence-electron chi connectivity index (χ2n) is 7.06. The van der Waals surface area contributed by atoms with Gasteiger partial charge in [0.2, 0.25) is 0 Å². The zero-order valence-electron chi connectivity index (χ0n) is 15.0. The fourth-order valence-corrected chi connectivity index (χ4v) is 3.69. The van der Waals surface area contributed by atoms with Gasteiger partial charge in [0.15, 0.2) is 0 Å². The molecule has 1 saturated heterocycles. The summed E-state index contributed by atoms with van der Waals surface area (Å²) in [6.07, 6.45) is 4.27. The lowest BCUT2D eigenvalue weighted by Crippen LogP contribution is -2.23. The summed E-state index contributed by atoms with van der Waals surface area (Å²) in [5, 5.41) is 11.7. The smallest absolute Gasteiger partial charge is 0.133 e. The van der Waals surface area contributed by atoms with Crippen molar-refractivity contribution in [1.29, 1.82) is 0 Å². The molecule has 25 heavy (non-hydrogen) atoms. The number of benzene rings is 1. The molecule has 0 bridgehead atoms. The number of aryl methyl sites for hydroxylation is 3. The number of likely N-dealkylation sites (tertiary alicyclic amines) is 1. The van der Waals surface area contributed by atoms with Gasteiger partial charge in [0.1, 0.15) is 11.5 Å². The molecule has 0 saturated carbocycles. The highest BCUT2D eigenvalue weighted by Gasteiger charge is 2.29. The van der Waals surface area contributed by atoms with Crippen LogP contribution in [0.15, 0.2) is 35.0 Å². The van der Waals surface area contributed by atoms with Crippen LogP contribution in [0.5, 0.6) is 0 Å². The van der Waals surface area contributed by atoms with E-state index in [9.17, 15) is 0 Å². The van der Waals surface area contributed by atoms with Gasteiger partial charge in [0.05, 0.1) is 17.9 Å². The fraction of sp³-hybridized carbons (Fsp3) is 0.400. The summed E-state index contributed by atoms with van der Waals surface area (Å²) in [5.74, 6) is 0.876. The van der Waals surface area contributed by atoms with Crippen LogP contribution in [-0.2, 0) is 6.54 Å². The monoisotopic (exact) mass is 336 g/mol. The van der Waals surface area contributed by atoms with Crippen LogP contribution in [0, 0.1) is 20.8 Å². The standard InChI is InChI=1S/C20H24N4O/c1-13-6-7-16(9-14(13)2)20-17(11-21-22-20)12-24-8-4-5-19(24)18-10-15(3)25-23-18/h6-7,9-11,19H,4-5,8,12H2,1-3H3,(H,21,22)/t19-/m0/s1. The topological polar surface area (TPSA) is 58.0 Å². The largest absolute Gasteiger partial charge is 0.361 e. The molecule has 2 aromatic heterocycles. The third-order valence-electron chi connectivity index (χ3n) is 5.24. The Labute approximate surface area is 148 Å². The van der Waals surface area contributed by atoms with E-state index in [2.05, 4.69) is 58.4 Å². The lowest BCUT2D eigenvalue weighted by atomic mass is 10.0. The van der Waals surface area contributed by atoms with Crippen LogP contribution in [0.2, 0.25) is 0 Å². The Morgan fingerprint density at radius 3 is 2.84 bits per heavy atom. The number of aromatic nitrogens is 3.